The molecule has 8 nitrogen and oxygen atoms in total. The predicted octanol–water partition coefficient (Wildman–Crippen LogP) is 3.15. The maximum Gasteiger partial charge on any atom is 0.191 e. The molecule has 174 valence electrons. The molecule has 3 aromatic rings. The zero-order valence-electron chi connectivity index (χ0n) is 19.3. The lowest BCUT2D eigenvalue weighted by Crippen LogP contribution is -2.42. The van der Waals surface area contributed by atoms with Gasteiger partial charge < -0.3 is 24.7 Å². The fraction of sp³-hybridized carbons (Fsp3) is 0.400. The molecule has 0 amide bonds. The van der Waals surface area contributed by atoms with Crippen molar-refractivity contribution < 1.29 is 9.47 Å². The standard InChI is InChI=1S/C25H32N6O2/c1-3-24-30-28-18-31(24)16-15-27-25(26-14-12-19-8-10-20(32-2)11-9-19)29-22-13-17-33-23-7-5-4-6-21(22)23/h4-11,18,22H,3,12-17H2,1-2H3,(H2,26,27,29). The van der Waals surface area contributed by atoms with Crippen LogP contribution < -0.4 is 20.1 Å². The summed E-state index contributed by atoms with van der Waals surface area (Å²) in [5.74, 6) is 3.60. The molecule has 0 radical (unpaired) electrons. The molecule has 1 atom stereocenters. The van der Waals surface area contributed by atoms with E-state index in [9.17, 15) is 0 Å². The number of aliphatic imine (C=N–C) groups is 1. The van der Waals surface area contributed by atoms with E-state index in [-0.39, 0.29) is 6.04 Å². The fourth-order valence-corrected chi connectivity index (χ4v) is 3.93. The Balaban J connectivity index is 1.42. The van der Waals surface area contributed by atoms with Crippen LogP contribution in [0.2, 0.25) is 0 Å². The first-order chi connectivity index (χ1) is 16.3. The smallest absolute Gasteiger partial charge is 0.191 e. The third kappa shape index (κ3) is 6.03. The minimum absolute atomic E-state index is 0.156. The molecule has 1 aliphatic rings. The first-order valence-corrected chi connectivity index (χ1v) is 11.5. The number of fused-ring (bicyclic) bond motifs is 1. The van der Waals surface area contributed by atoms with Gasteiger partial charge in [-0.25, -0.2) is 0 Å². The molecule has 1 aliphatic heterocycles. The van der Waals surface area contributed by atoms with Crippen molar-refractivity contribution in [2.24, 2.45) is 4.99 Å². The van der Waals surface area contributed by atoms with Gasteiger partial charge in [0.05, 0.1) is 19.8 Å². The maximum atomic E-state index is 5.82. The SMILES string of the molecule is CCc1nncn1CCNC(=NCCc1ccc(OC)cc1)NC1CCOc2ccccc21. The lowest BCUT2D eigenvalue weighted by Gasteiger charge is -2.28. The number of aryl methyl sites for hydroxylation is 1. The van der Waals surface area contributed by atoms with Crippen molar-refractivity contribution in [2.75, 3.05) is 26.8 Å². The van der Waals surface area contributed by atoms with Gasteiger partial charge in [-0.15, -0.1) is 10.2 Å². The monoisotopic (exact) mass is 448 g/mol. The van der Waals surface area contributed by atoms with E-state index in [2.05, 4.69) is 56.6 Å². The fourth-order valence-electron chi connectivity index (χ4n) is 3.93. The van der Waals surface area contributed by atoms with E-state index in [4.69, 9.17) is 14.5 Å². The molecular weight excluding hydrogens is 416 g/mol. The van der Waals surface area contributed by atoms with Crippen molar-refractivity contribution in [3.63, 3.8) is 0 Å². The molecular formula is C25H32N6O2. The Hall–Kier alpha value is -3.55. The third-order valence-corrected chi connectivity index (χ3v) is 5.76. The van der Waals surface area contributed by atoms with Crippen molar-refractivity contribution in [2.45, 2.75) is 38.8 Å². The number of nitrogens with one attached hydrogen (secondary N) is 2. The van der Waals surface area contributed by atoms with Gasteiger partial charge in [0.2, 0.25) is 0 Å². The molecule has 8 heteroatoms. The minimum atomic E-state index is 0.156. The highest BCUT2D eigenvalue weighted by molar-refractivity contribution is 5.80. The summed E-state index contributed by atoms with van der Waals surface area (Å²) in [5, 5.41) is 15.3. The second-order valence-corrected chi connectivity index (χ2v) is 7.92. The molecule has 0 saturated heterocycles. The Kier molecular flexibility index (Phi) is 7.79. The second kappa shape index (κ2) is 11.4. The average Bonchev–Trinajstić information content (AvgIpc) is 3.32. The number of hydrogen-bond acceptors (Lipinski definition) is 5. The Morgan fingerprint density at radius 3 is 2.88 bits per heavy atom. The van der Waals surface area contributed by atoms with Crippen LogP contribution in [-0.4, -0.2) is 47.5 Å². The lowest BCUT2D eigenvalue weighted by molar-refractivity contribution is 0.261. The Morgan fingerprint density at radius 1 is 1.21 bits per heavy atom. The number of aromatic nitrogens is 3. The van der Waals surface area contributed by atoms with Gasteiger partial charge in [0.1, 0.15) is 23.7 Å². The molecule has 0 bridgehead atoms. The number of para-hydroxylation sites is 1. The van der Waals surface area contributed by atoms with Crippen LogP contribution >= 0.6 is 0 Å². The van der Waals surface area contributed by atoms with E-state index in [0.29, 0.717) is 13.2 Å². The van der Waals surface area contributed by atoms with Crippen LogP contribution in [0.1, 0.15) is 36.3 Å². The van der Waals surface area contributed by atoms with E-state index in [1.54, 1.807) is 13.4 Å². The van der Waals surface area contributed by atoms with Crippen molar-refractivity contribution in [3.05, 3.63) is 71.8 Å². The van der Waals surface area contributed by atoms with Crippen LogP contribution in [0.5, 0.6) is 11.5 Å². The van der Waals surface area contributed by atoms with Crippen LogP contribution in [0.4, 0.5) is 0 Å². The Bertz CT molecular complexity index is 1050. The van der Waals surface area contributed by atoms with Crippen LogP contribution in [0.3, 0.4) is 0 Å². The number of guanidine groups is 1. The summed E-state index contributed by atoms with van der Waals surface area (Å²) in [4.78, 5) is 4.87. The third-order valence-electron chi connectivity index (χ3n) is 5.76. The van der Waals surface area contributed by atoms with Gasteiger partial charge in [-0.1, -0.05) is 37.3 Å². The normalized spacial score (nSPS) is 15.5. The molecule has 33 heavy (non-hydrogen) atoms. The zero-order valence-corrected chi connectivity index (χ0v) is 19.3. The summed E-state index contributed by atoms with van der Waals surface area (Å²) in [6.07, 6.45) is 4.39. The number of ether oxygens (including phenoxy) is 2. The molecule has 0 saturated carbocycles. The van der Waals surface area contributed by atoms with Gasteiger partial charge in [-0.05, 0) is 30.2 Å². The van der Waals surface area contributed by atoms with Gasteiger partial charge in [0.15, 0.2) is 5.96 Å². The highest BCUT2D eigenvalue weighted by atomic mass is 16.5. The molecule has 0 spiro atoms. The summed E-state index contributed by atoms with van der Waals surface area (Å²) >= 11 is 0. The van der Waals surface area contributed by atoms with Gasteiger partial charge in [-0.3, -0.25) is 4.99 Å². The molecule has 0 fully saturated rings. The molecule has 1 unspecified atom stereocenters. The predicted molar refractivity (Wildman–Crippen MR) is 129 cm³/mol. The van der Waals surface area contributed by atoms with Crippen molar-refractivity contribution in [1.82, 2.24) is 25.4 Å². The summed E-state index contributed by atoms with van der Waals surface area (Å²) < 4.78 is 13.1. The first-order valence-electron chi connectivity index (χ1n) is 11.5. The molecule has 2 heterocycles. The summed E-state index contributed by atoms with van der Waals surface area (Å²) in [7, 11) is 1.68. The number of methoxy groups -OCH3 is 1. The Morgan fingerprint density at radius 2 is 2.06 bits per heavy atom. The van der Waals surface area contributed by atoms with Crippen LogP contribution in [0.25, 0.3) is 0 Å². The Labute approximate surface area is 195 Å². The number of rotatable bonds is 9. The van der Waals surface area contributed by atoms with E-state index < -0.39 is 0 Å². The van der Waals surface area contributed by atoms with Crippen LogP contribution in [0, 0.1) is 0 Å². The average molecular weight is 449 g/mol. The first kappa shape index (κ1) is 22.6. The van der Waals surface area contributed by atoms with E-state index in [1.165, 1.54) is 11.1 Å². The second-order valence-electron chi connectivity index (χ2n) is 7.92. The van der Waals surface area contributed by atoms with Gasteiger partial charge in [-0.2, -0.15) is 0 Å². The van der Waals surface area contributed by atoms with E-state index in [0.717, 1.165) is 55.6 Å². The van der Waals surface area contributed by atoms with Crippen LogP contribution in [0.15, 0.2) is 59.9 Å². The van der Waals surface area contributed by atoms with Crippen molar-refractivity contribution in [3.8, 4) is 11.5 Å². The summed E-state index contributed by atoms with van der Waals surface area (Å²) in [6, 6.07) is 16.5. The maximum absolute atomic E-state index is 5.82. The molecule has 2 aromatic carbocycles. The number of benzene rings is 2. The highest BCUT2D eigenvalue weighted by Crippen LogP contribution is 2.31. The topological polar surface area (TPSA) is 85.6 Å². The molecule has 2 N–H and O–H groups in total. The van der Waals surface area contributed by atoms with Gasteiger partial charge in [0.25, 0.3) is 0 Å². The minimum Gasteiger partial charge on any atom is -0.497 e. The van der Waals surface area contributed by atoms with Crippen molar-refractivity contribution in [1.29, 1.82) is 0 Å². The molecule has 1 aromatic heterocycles. The largest absolute Gasteiger partial charge is 0.497 e. The van der Waals surface area contributed by atoms with Crippen molar-refractivity contribution >= 4 is 5.96 Å². The quantitative estimate of drug-likeness (QED) is 0.386. The van der Waals surface area contributed by atoms with Gasteiger partial charge >= 0.3 is 0 Å². The van der Waals surface area contributed by atoms with Crippen LogP contribution in [-0.2, 0) is 19.4 Å². The molecule has 0 aliphatic carbocycles. The van der Waals surface area contributed by atoms with E-state index in [1.807, 2.05) is 24.3 Å². The molecule has 4 rings (SSSR count). The number of nitrogens with zero attached hydrogens (tertiary/aromatic N) is 4. The number of hydrogen-bond donors (Lipinski definition) is 2. The summed E-state index contributed by atoms with van der Waals surface area (Å²) in [5.41, 5.74) is 2.40. The van der Waals surface area contributed by atoms with E-state index >= 15 is 0 Å². The lowest BCUT2D eigenvalue weighted by atomic mass is 10.0. The zero-order chi connectivity index (χ0) is 22.9. The summed E-state index contributed by atoms with van der Waals surface area (Å²) in [6.45, 7) is 4.96. The highest BCUT2D eigenvalue weighted by Gasteiger charge is 2.21. The van der Waals surface area contributed by atoms with Gasteiger partial charge in [0, 0.05) is 38.0 Å².